The summed E-state index contributed by atoms with van der Waals surface area (Å²) in [6.07, 6.45) is 4.37. The van der Waals surface area contributed by atoms with E-state index in [1.54, 1.807) is 0 Å². The molecule has 0 saturated heterocycles. The molecule has 0 N–H and O–H groups in total. The van der Waals surface area contributed by atoms with Gasteiger partial charge < -0.3 is 0 Å². The number of rotatable bonds is 2. The van der Waals surface area contributed by atoms with Crippen molar-refractivity contribution in [1.29, 1.82) is 0 Å². The second-order valence-corrected chi connectivity index (χ2v) is 28.5. The third-order valence-electron chi connectivity index (χ3n) is 3.60. The van der Waals surface area contributed by atoms with Gasteiger partial charge in [0.2, 0.25) is 0 Å². The quantitative estimate of drug-likeness (QED) is 0.635. The predicted molar refractivity (Wildman–Crippen MR) is 76.7 cm³/mol. The average molecular weight is 330 g/mol. The van der Waals surface area contributed by atoms with Crippen LogP contribution in [0, 0.1) is 5.92 Å². The molecule has 0 aromatic rings. The molecule has 1 rings (SSSR count). The summed E-state index contributed by atoms with van der Waals surface area (Å²) in [4.78, 5) is 0. The monoisotopic (exact) mass is 332 g/mol. The summed E-state index contributed by atoms with van der Waals surface area (Å²) in [5.74, 6) is 16.4. The number of hydrogen-bond donors (Lipinski definition) is 0. The van der Waals surface area contributed by atoms with Crippen LogP contribution in [0.15, 0.2) is 8.81 Å². The molecule has 0 fully saturated rings. The van der Waals surface area contributed by atoms with E-state index in [-0.39, 0.29) is 0 Å². The van der Waals surface area contributed by atoms with Crippen LogP contribution in [0.25, 0.3) is 0 Å². The number of hydrogen-bond acceptors (Lipinski definition) is 0. The van der Waals surface area contributed by atoms with Crippen molar-refractivity contribution in [1.82, 2.24) is 0 Å². The van der Waals surface area contributed by atoms with Crippen LogP contribution in [0.3, 0.4) is 0 Å². The van der Waals surface area contributed by atoms with Gasteiger partial charge in [-0.15, -0.1) is 0 Å². The maximum atomic E-state index is 2.59. The first-order valence-electron chi connectivity index (χ1n) is 6.38. The molecule has 0 aromatic heterocycles. The van der Waals surface area contributed by atoms with Gasteiger partial charge in [0.05, 0.1) is 0 Å². The van der Waals surface area contributed by atoms with Gasteiger partial charge in [-0.3, -0.25) is 0 Å². The summed E-state index contributed by atoms with van der Waals surface area (Å²) in [5.41, 5.74) is 0. The van der Waals surface area contributed by atoms with Crippen LogP contribution < -0.4 is 0 Å². The van der Waals surface area contributed by atoms with Crippen molar-refractivity contribution in [2.45, 2.75) is 60.7 Å². The molecule has 88 valence electrons. The Labute approximate surface area is 102 Å². The van der Waals surface area contributed by atoms with Crippen LogP contribution in [-0.4, -0.2) is 26.5 Å². The van der Waals surface area contributed by atoms with Gasteiger partial charge >= 0.3 is 102 Å². The summed E-state index contributed by atoms with van der Waals surface area (Å²) in [6, 6.07) is 0. The van der Waals surface area contributed by atoms with E-state index in [4.69, 9.17) is 0 Å². The molecule has 1 atom stereocenters. The topological polar surface area (TPSA) is 0 Å². The summed E-state index contributed by atoms with van der Waals surface area (Å²) in [6.45, 7) is 2.49. The molecule has 0 spiro atoms. The van der Waals surface area contributed by atoms with Crippen molar-refractivity contribution in [3.05, 3.63) is 8.81 Å². The van der Waals surface area contributed by atoms with Crippen LogP contribution in [0.4, 0.5) is 0 Å². The zero-order valence-electron chi connectivity index (χ0n) is 11.7. The van der Waals surface area contributed by atoms with Crippen molar-refractivity contribution in [3.63, 3.8) is 0 Å². The Kier molecular flexibility index (Phi) is 4.26. The molecule has 0 heterocycles. The Morgan fingerprint density at radius 3 is 1.80 bits per heavy atom. The molecule has 0 radical (unpaired) electrons. The Morgan fingerprint density at radius 1 is 0.933 bits per heavy atom. The average Bonchev–Trinajstić information content (AvgIpc) is 1.99. The molecule has 2 heteroatoms. The zero-order chi connectivity index (χ0) is 11.9. The molecule has 15 heavy (non-hydrogen) atoms. The Morgan fingerprint density at radius 2 is 1.47 bits per heavy atom. The van der Waals surface area contributed by atoms with Gasteiger partial charge in [0.25, 0.3) is 0 Å². The molecule has 0 amide bonds. The predicted octanol–water partition coefficient (Wildman–Crippen LogP) is 4.86. The van der Waals surface area contributed by atoms with Crippen molar-refractivity contribution < 1.29 is 0 Å². The SMILES string of the molecule is CC1CCC[C]([Ge]([CH3])([CH3])[CH3])=[C]1[Ge]([CH3])([CH3])[CH3]. The van der Waals surface area contributed by atoms with E-state index in [1.807, 2.05) is 8.81 Å². The van der Waals surface area contributed by atoms with E-state index in [2.05, 4.69) is 41.5 Å². The van der Waals surface area contributed by atoms with Crippen LogP contribution in [0.5, 0.6) is 0 Å². The molecular formula is C13H28Ge2. The third kappa shape index (κ3) is 3.39. The molecule has 0 saturated carbocycles. The fourth-order valence-electron chi connectivity index (χ4n) is 3.13. The molecule has 1 unspecified atom stereocenters. The number of allylic oxidation sites excluding steroid dienone is 2. The summed E-state index contributed by atoms with van der Waals surface area (Å²) in [7, 11) is 0. The van der Waals surface area contributed by atoms with Gasteiger partial charge in [-0.25, -0.2) is 0 Å². The Hall–Kier alpha value is 0.826. The standard InChI is InChI=1S/C13H28Ge2/c1-11-9-8-10-12(14(2,3)4)13(11)15(5,6)7/h11H,8-10H2,1-7H3. The summed E-state index contributed by atoms with van der Waals surface area (Å²) in [5, 5.41) is 0. The Bertz CT molecular complexity index is 263. The van der Waals surface area contributed by atoms with Crippen molar-refractivity contribution in [3.8, 4) is 0 Å². The van der Waals surface area contributed by atoms with E-state index in [1.165, 1.54) is 19.3 Å². The molecule has 0 bridgehead atoms. The van der Waals surface area contributed by atoms with E-state index in [9.17, 15) is 0 Å². The summed E-state index contributed by atoms with van der Waals surface area (Å²) < 4.78 is 4.01. The van der Waals surface area contributed by atoms with Crippen molar-refractivity contribution in [2.75, 3.05) is 0 Å². The van der Waals surface area contributed by atoms with Gasteiger partial charge in [-0.1, -0.05) is 0 Å². The van der Waals surface area contributed by atoms with E-state index in [0.717, 1.165) is 5.92 Å². The van der Waals surface area contributed by atoms with Crippen LogP contribution in [0.2, 0.25) is 34.5 Å². The van der Waals surface area contributed by atoms with E-state index >= 15 is 0 Å². The van der Waals surface area contributed by atoms with Crippen LogP contribution >= 0.6 is 0 Å². The van der Waals surface area contributed by atoms with Crippen LogP contribution in [-0.2, 0) is 0 Å². The second kappa shape index (κ2) is 4.60. The molecule has 0 aliphatic heterocycles. The van der Waals surface area contributed by atoms with Crippen LogP contribution in [0.1, 0.15) is 26.2 Å². The van der Waals surface area contributed by atoms with Gasteiger partial charge in [-0.2, -0.15) is 0 Å². The molecule has 1 aliphatic carbocycles. The fourth-order valence-corrected chi connectivity index (χ4v) is 21.0. The van der Waals surface area contributed by atoms with Gasteiger partial charge in [0.1, 0.15) is 0 Å². The van der Waals surface area contributed by atoms with Gasteiger partial charge in [0, 0.05) is 0 Å². The molecular weight excluding hydrogens is 301 g/mol. The first-order chi connectivity index (χ1) is 6.64. The van der Waals surface area contributed by atoms with Crippen molar-refractivity contribution in [2.24, 2.45) is 5.92 Å². The van der Waals surface area contributed by atoms with E-state index in [0.29, 0.717) is 0 Å². The van der Waals surface area contributed by atoms with E-state index < -0.39 is 26.5 Å². The molecule has 0 aromatic carbocycles. The molecule has 1 aliphatic rings. The normalized spacial score (nSPS) is 24.6. The van der Waals surface area contributed by atoms with Gasteiger partial charge in [-0.05, 0) is 0 Å². The minimum atomic E-state index is -1.58. The van der Waals surface area contributed by atoms with Gasteiger partial charge in [0.15, 0.2) is 0 Å². The van der Waals surface area contributed by atoms with Crippen molar-refractivity contribution >= 4 is 26.5 Å². The minimum absolute atomic E-state index is 0.915. The Balaban J connectivity index is 3.23. The molecule has 0 nitrogen and oxygen atoms in total. The first kappa shape index (κ1) is 13.9. The first-order valence-corrected chi connectivity index (χ1v) is 21.1. The summed E-state index contributed by atoms with van der Waals surface area (Å²) >= 11 is -3.13. The fraction of sp³-hybridized carbons (Fsp3) is 0.846. The third-order valence-corrected chi connectivity index (χ3v) is 14.6. The second-order valence-electron chi connectivity index (χ2n) is 7.19. The maximum absolute atomic E-state index is 2.59. The zero-order valence-corrected chi connectivity index (χ0v) is 15.9.